The number of nitrogens with zero attached hydrogens (tertiary/aromatic N) is 2. The molecule has 0 spiro atoms. The zero-order valence-corrected chi connectivity index (χ0v) is 9.30. The van der Waals surface area contributed by atoms with E-state index in [-0.39, 0.29) is 0 Å². The van der Waals surface area contributed by atoms with Crippen LogP contribution in [-0.2, 0) is 4.43 Å². The largest absolute Gasteiger partial charge is 0.534 e. The van der Waals surface area contributed by atoms with Crippen molar-refractivity contribution in [3.63, 3.8) is 0 Å². The Hall–Kier alpha value is -0.513. The van der Waals surface area contributed by atoms with Crippen LogP contribution in [-0.4, -0.2) is 33.3 Å². The van der Waals surface area contributed by atoms with Gasteiger partial charge in [0.05, 0.1) is 0 Å². The molecule has 0 amide bonds. The van der Waals surface area contributed by atoms with Gasteiger partial charge in [-0.25, -0.2) is 0 Å². The molecule has 4 heteroatoms. The lowest BCUT2D eigenvalue weighted by Gasteiger charge is -2.19. The second-order valence-electron chi connectivity index (χ2n) is 3.68. The Bertz CT molecular complexity index is 149. The Labute approximate surface area is 70.2 Å². The molecular formula is C7H18N2OSi. The Morgan fingerprint density at radius 2 is 1.73 bits per heavy atom. The third kappa shape index (κ3) is 7.38. The summed E-state index contributed by atoms with van der Waals surface area (Å²) in [6.07, 6.45) is 0. The van der Waals surface area contributed by atoms with E-state index in [1.54, 1.807) is 5.01 Å². The summed E-state index contributed by atoms with van der Waals surface area (Å²) < 4.78 is 5.60. The summed E-state index contributed by atoms with van der Waals surface area (Å²) in [7, 11) is 2.33. The normalized spacial score (nSPS) is 13.1. The maximum Gasteiger partial charge on any atom is 0.243 e. The van der Waals surface area contributed by atoms with E-state index >= 15 is 0 Å². The fraction of sp³-hybridized carbons (Fsp3) is 0.857. The second kappa shape index (κ2) is 3.76. The number of hydrazone groups is 1. The smallest absolute Gasteiger partial charge is 0.243 e. The Morgan fingerprint density at radius 3 is 2.00 bits per heavy atom. The van der Waals surface area contributed by atoms with Crippen LogP contribution in [0.5, 0.6) is 0 Å². The Balaban J connectivity index is 3.97. The monoisotopic (exact) mass is 174 g/mol. The highest BCUT2D eigenvalue weighted by Gasteiger charge is 2.16. The van der Waals surface area contributed by atoms with Gasteiger partial charge in [0.2, 0.25) is 8.32 Å². The van der Waals surface area contributed by atoms with E-state index in [1.807, 2.05) is 21.0 Å². The van der Waals surface area contributed by atoms with Crippen LogP contribution in [0.3, 0.4) is 0 Å². The number of hydrogen-bond acceptors (Lipinski definition) is 3. The molecule has 0 unspecified atom stereocenters. The maximum absolute atomic E-state index is 5.60. The van der Waals surface area contributed by atoms with Crippen LogP contribution in [0.25, 0.3) is 0 Å². The van der Waals surface area contributed by atoms with Crippen molar-refractivity contribution >= 4 is 14.2 Å². The zero-order valence-electron chi connectivity index (χ0n) is 8.30. The van der Waals surface area contributed by atoms with E-state index in [0.29, 0.717) is 0 Å². The molecule has 0 heterocycles. The topological polar surface area (TPSA) is 24.8 Å². The zero-order chi connectivity index (χ0) is 9.07. The van der Waals surface area contributed by atoms with Gasteiger partial charge >= 0.3 is 0 Å². The maximum atomic E-state index is 5.60. The van der Waals surface area contributed by atoms with E-state index in [2.05, 4.69) is 24.7 Å². The molecule has 0 aliphatic heterocycles. The molecule has 3 nitrogen and oxygen atoms in total. The van der Waals surface area contributed by atoms with Gasteiger partial charge in [-0.05, 0) is 19.6 Å². The first kappa shape index (κ1) is 10.5. The van der Waals surface area contributed by atoms with Crippen molar-refractivity contribution in [3.05, 3.63) is 0 Å². The minimum absolute atomic E-state index is 0.758. The lowest BCUT2D eigenvalue weighted by Crippen LogP contribution is -2.28. The molecule has 66 valence electrons. The molecule has 0 fully saturated rings. The third-order valence-corrected chi connectivity index (χ3v) is 1.70. The molecule has 0 bridgehead atoms. The molecule has 0 aromatic carbocycles. The van der Waals surface area contributed by atoms with Gasteiger partial charge < -0.3 is 4.43 Å². The van der Waals surface area contributed by atoms with Gasteiger partial charge in [0.25, 0.3) is 0 Å². The average molecular weight is 174 g/mol. The standard InChI is InChI=1S/C7H18N2OSi/c1-7(8-9(2)3)10-11(4,5)6/h1-6H3/b8-7+. The predicted octanol–water partition coefficient (Wildman–Crippen LogP) is 1.73. The first-order valence-corrected chi connectivity index (χ1v) is 7.13. The van der Waals surface area contributed by atoms with Crippen LogP contribution in [0, 0.1) is 0 Å². The van der Waals surface area contributed by atoms with Crippen LogP contribution < -0.4 is 0 Å². The van der Waals surface area contributed by atoms with E-state index in [4.69, 9.17) is 4.43 Å². The van der Waals surface area contributed by atoms with Crippen molar-refractivity contribution in [2.75, 3.05) is 14.1 Å². The highest BCUT2D eigenvalue weighted by atomic mass is 28.4. The molecular weight excluding hydrogens is 156 g/mol. The van der Waals surface area contributed by atoms with Crippen molar-refractivity contribution < 1.29 is 4.43 Å². The molecule has 0 N–H and O–H groups in total. The summed E-state index contributed by atoms with van der Waals surface area (Å²) in [4.78, 5) is 0. The van der Waals surface area contributed by atoms with Gasteiger partial charge in [-0.2, -0.15) is 0 Å². The SMILES string of the molecule is C/C(=N\N(C)C)O[Si](C)(C)C. The first-order chi connectivity index (χ1) is 4.81. The molecule has 0 radical (unpaired) electrons. The number of hydrogen-bond donors (Lipinski definition) is 0. The van der Waals surface area contributed by atoms with Gasteiger partial charge in [-0.15, -0.1) is 5.10 Å². The van der Waals surface area contributed by atoms with Crippen LogP contribution in [0.4, 0.5) is 0 Å². The van der Waals surface area contributed by atoms with Gasteiger partial charge in [0.15, 0.2) is 5.90 Å². The van der Waals surface area contributed by atoms with Gasteiger partial charge in [0, 0.05) is 21.0 Å². The van der Waals surface area contributed by atoms with E-state index < -0.39 is 8.32 Å². The minimum atomic E-state index is -1.44. The van der Waals surface area contributed by atoms with Crippen molar-refractivity contribution in [3.8, 4) is 0 Å². The number of rotatable bonds is 2. The molecule has 0 aliphatic rings. The quantitative estimate of drug-likeness (QED) is 0.276. The second-order valence-corrected chi connectivity index (χ2v) is 8.11. The van der Waals surface area contributed by atoms with Crippen molar-refractivity contribution in [1.29, 1.82) is 0 Å². The molecule has 0 saturated carbocycles. The fourth-order valence-corrected chi connectivity index (χ4v) is 1.67. The third-order valence-electron chi connectivity index (χ3n) is 0.795. The van der Waals surface area contributed by atoms with Crippen molar-refractivity contribution in [2.45, 2.75) is 26.6 Å². The van der Waals surface area contributed by atoms with E-state index in [9.17, 15) is 0 Å². The van der Waals surface area contributed by atoms with Crippen molar-refractivity contribution in [1.82, 2.24) is 5.01 Å². The van der Waals surface area contributed by atoms with Crippen LogP contribution >= 0.6 is 0 Å². The summed E-state index contributed by atoms with van der Waals surface area (Å²) in [5.74, 6) is 0.758. The molecule has 0 aromatic rings. The molecule has 0 rings (SSSR count). The average Bonchev–Trinajstić information content (AvgIpc) is 1.53. The summed E-state index contributed by atoms with van der Waals surface area (Å²) in [5.41, 5.74) is 0. The summed E-state index contributed by atoms with van der Waals surface area (Å²) in [5, 5.41) is 5.87. The fourth-order valence-electron chi connectivity index (χ4n) is 0.745. The van der Waals surface area contributed by atoms with E-state index in [1.165, 1.54) is 0 Å². The van der Waals surface area contributed by atoms with Crippen LogP contribution in [0.15, 0.2) is 5.10 Å². The highest BCUT2D eigenvalue weighted by Crippen LogP contribution is 2.03. The van der Waals surface area contributed by atoms with Gasteiger partial charge in [0.1, 0.15) is 0 Å². The summed E-state index contributed by atoms with van der Waals surface area (Å²) in [6, 6.07) is 0. The van der Waals surface area contributed by atoms with E-state index in [0.717, 1.165) is 5.90 Å². The molecule has 0 atom stereocenters. The highest BCUT2D eigenvalue weighted by molar-refractivity contribution is 6.71. The molecule has 11 heavy (non-hydrogen) atoms. The van der Waals surface area contributed by atoms with Crippen LogP contribution in [0.1, 0.15) is 6.92 Å². The Kier molecular flexibility index (Phi) is 3.58. The van der Waals surface area contributed by atoms with Gasteiger partial charge in [-0.3, -0.25) is 5.01 Å². The first-order valence-electron chi connectivity index (χ1n) is 3.73. The summed E-state index contributed by atoms with van der Waals surface area (Å²) >= 11 is 0. The lowest BCUT2D eigenvalue weighted by molar-refractivity contribution is 0.411. The van der Waals surface area contributed by atoms with Gasteiger partial charge in [-0.1, -0.05) is 0 Å². The lowest BCUT2D eigenvalue weighted by atomic mass is 10.8. The molecule has 0 saturated heterocycles. The molecule has 0 aromatic heterocycles. The Morgan fingerprint density at radius 1 is 1.27 bits per heavy atom. The predicted molar refractivity (Wildman–Crippen MR) is 51.2 cm³/mol. The minimum Gasteiger partial charge on any atom is -0.534 e. The van der Waals surface area contributed by atoms with Crippen LogP contribution in [0.2, 0.25) is 19.6 Å². The van der Waals surface area contributed by atoms with Crippen molar-refractivity contribution in [2.24, 2.45) is 5.10 Å². The summed E-state index contributed by atoms with van der Waals surface area (Å²) in [6.45, 7) is 8.31. The molecule has 0 aliphatic carbocycles.